The van der Waals surface area contributed by atoms with Crippen molar-refractivity contribution in [3.63, 3.8) is 0 Å². The number of aliphatic hydroxyl groups excluding tert-OH is 1. The average molecular weight is 462 g/mol. The van der Waals surface area contributed by atoms with Crippen LogP contribution in [-0.2, 0) is 16.1 Å². The molecule has 10 nitrogen and oxygen atoms in total. The molecule has 0 saturated carbocycles. The molecule has 0 bridgehead atoms. The molecule has 174 valence electrons. The number of hydrogen-bond acceptors (Lipinski definition) is 7. The topological polar surface area (TPSA) is 128 Å². The van der Waals surface area contributed by atoms with Gasteiger partial charge >= 0.3 is 0 Å². The van der Waals surface area contributed by atoms with Gasteiger partial charge in [-0.1, -0.05) is 24.3 Å². The molecule has 1 amide bonds. The lowest BCUT2D eigenvalue weighted by atomic mass is 9.95. The number of aryl methyl sites for hydroxylation is 1. The predicted molar refractivity (Wildman–Crippen MR) is 122 cm³/mol. The second-order valence-electron chi connectivity index (χ2n) is 7.73. The summed E-state index contributed by atoms with van der Waals surface area (Å²) >= 11 is 0. The van der Waals surface area contributed by atoms with Gasteiger partial charge in [0, 0.05) is 43.2 Å². The molecule has 1 atom stereocenters. The van der Waals surface area contributed by atoms with Crippen LogP contribution in [0.5, 0.6) is 5.75 Å². The van der Waals surface area contributed by atoms with Crippen molar-refractivity contribution in [2.75, 3.05) is 13.7 Å². The number of ketones is 1. The number of aliphatic hydroxyl groups is 1. The van der Waals surface area contributed by atoms with Crippen LogP contribution in [-0.4, -0.2) is 49.8 Å². The van der Waals surface area contributed by atoms with Crippen molar-refractivity contribution in [2.45, 2.75) is 19.0 Å². The molecule has 0 aliphatic carbocycles. The van der Waals surface area contributed by atoms with E-state index >= 15 is 0 Å². The number of hydrogen-bond donors (Lipinski definition) is 1. The summed E-state index contributed by atoms with van der Waals surface area (Å²) in [6.07, 6.45) is 5.58. The zero-order valence-electron chi connectivity index (χ0n) is 18.3. The molecule has 1 fully saturated rings. The molecule has 3 aromatic rings. The van der Waals surface area contributed by atoms with Gasteiger partial charge in [-0.15, -0.1) is 0 Å². The van der Waals surface area contributed by atoms with Crippen LogP contribution in [0.1, 0.15) is 23.6 Å². The molecule has 1 aliphatic rings. The Labute approximate surface area is 194 Å². The van der Waals surface area contributed by atoms with Crippen LogP contribution in [0.3, 0.4) is 0 Å². The Morgan fingerprint density at radius 3 is 2.68 bits per heavy atom. The van der Waals surface area contributed by atoms with Crippen molar-refractivity contribution in [1.29, 1.82) is 0 Å². The van der Waals surface area contributed by atoms with Crippen molar-refractivity contribution in [1.82, 2.24) is 14.5 Å². The Hall–Kier alpha value is -4.47. The lowest BCUT2D eigenvalue weighted by Crippen LogP contribution is -2.31. The number of non-ortho nitro benzene ring substituents is 1. The summed E-state index contributed by atoms with van der Waals surface area (Å²) in [4.78, 5) is 42.3. The lowest BCUT2D eigenvalue weighted by Gasteiger charge is -2.25. The Balaban J connectivity index is 1.78. The summed E-state index contributed by atoms with van der Waals surface area (Å²) in [5.41, 5.74) is 0.357. The third-order valence-electron chi connectivity index (χ3n) is 5.65. The molecule has 2 heterocycles. The number of imidazole rings is 1. The van der Waals surface area contributed by atoms with Gasteiger partial charge in [-0.3, -0.25) is 19.7 Å². The van der Waals surface area contributed by atoms with Gasteiger partial charge in [0.1, 0.15) is 11.5 Å². The van der Waals surface area contributed by atoms with E-state index in [0.29, 0.717) is 29.8 Å². The summed E-state index contributed by atoms with van der Waals surface area (Å²) in [6.45, 7) is 0.756. The summed E-state index contributed by atoms with van der Waals surface area (Å²) in [5, 5.41) is 22.5. The number of methoxy groups -OCH3 is 1. The molecule has 1 aliphatic heterocycles. The normalized spacial score (nSPS) is 17.2. The fourth-order valence-electron chi connectivity index (χ4n) is 4.03. The van der Waals surface area contributed by atoms with Gasteiger partial charge < -0.3 is 19.3 Å². The Morgan fingerprint density at radius 2 is 1.97 bits per heavy atom. The molecule has 1 saturated heterocycles. The number of ether oxygens (including phenoxy) is 1. The van der Waals surface area contributed by atoms with Gasteiger partial charge in [0.15, 0.2) is 0 Å². The molecular formula is C24H22N4O6. The van der Waals surface area contributed by atoms with E-state index < -0.39 is 22.7 Å². The number of nitro benzene ring substituents is 1. The summed E-state index contributed by atoms with van der Waals surface area (Å²) in [6, 6.07) is 11.2. The fraction of sp³-hybridized carbons (Fsp3) is 0.208. The highest BCUT2D eigenvalue weighted by atomic mass is 16.6. The summed E-state index contributed by atoms with van der Waals surface area (Å²) < 4.78 is 7.04. The van der Waals surface area contributed by atoms with Crippen LogP contribution in [0.4, 0.5) is 5.69 Å². The van der Waals surface area contributed by atoms with Gasteiger partial charge in [-0.2, -0.15) is 0 Å². The molecule has 1 unspecified atom stereocenters. The number of amides is 1. The van der Waals surface area contributed by atoms with E-state index in [2.05, 4.69) is 4.98 Å². The van der Waals surface area contributed by atoms with Crippen LogP contribution < -0.4 is 4.74 Å². The highest BCUT2D eigenvalue weighted by molar-refractivity contribution is 6.46. The first-order chi connectivity index (χ1) is 16.4. The predicted octanol–water partition coefficient (Wildman–Crippen LogP) is 3.31. The lowest BCUT2D eigenvalue weighted by molar-refractivity contribution is -0.384. The van der Waals surface area contributed by atoms with E-state index in [1.54, 1.807) is 49.1 Å². The van der Waals surface area contributed by atoms with Crippen molar-refractivity contribution < 1.29 is 24.4 Å². The molecule has 10 heteroatoms. The van der Waals surface area contributed by atoms with E-state index in [1.165, 1.54) is 30.2 Å². The number of carbonyl (C=O) groups is 2. The molecule has 0 radical (unpaired) electrons. The third-order valence-corrected chi connectivity index (χ3v) is 5.65. The van der Waals surface area contributed by atoms with Crippen LogP contribution in [0.2, 0.25) is 0 Å². The zero-order valence-corrected chi connectivity index (χ0v) is 18.3. The van der Waals surface area contributed by atoms with Gasteiger partial charge in [0.2, 0.25) is 0 Å². The standard InChI is InChI=1S/C24H22N4O6/c1-34-19-8-3-6-17(14-19)22(29)20-21(16-5-2-7-18(13-16)28(32)33)27(24(31)23(20)30)11-4-10-26-12-9-25-15-26/h2-3,5-9,12-15,21,29H,4,10-11H2,1H3/b22-20-. The SMILES string of the molecule is COc1cccc(/C(O)=C2/C(=O)C(=O)N(CCCn3ccnc3)C2c2cccc([N+](=O)[O-])c2)c1. The number of aromatic nitrogens is 2. The number of rotatable bonds is 8. The zero-order chi connectivity index (χ0) is 24.2. The maximum atomic E-state index is 13.1. The van der Waals surface area contributed by atoms with Gasteiger partial charge in [0.25, 0.3) is 17.4 Å². The quantitative estimate of drug-likeness (QED) is 0.179. The van der Waals surface area contributed by atoms with Crippen LogP contribution >= 0.6 is 0 Å². The van der Waals surface area contributed by atoms with Crippen molar-refractivity contribution >= 4 is 23.1 Å². The Morgan fingerprint density at radius 1 is 1.18 bits per heavy atom. The van der Waals surface area contributed by atoms with Crippen molar-refractivity contribution in [3.05, 3.63) is 94.1 Å². The Kier molecular flexibility index (Phi) is 6.39. The highest BCUT2D eigenvalue weighted by Gasteiger charge is 2.46. The molecule has 1 N–H and O–H groups in total. The van der Waals surface area contributed by atoms with Gasteiger partial charge in [-0.05, 0) is 24.1 Å². The number of benzene rings is 2. The van der Waals surface area contributed by atoms with Gasteiger partial charge in [0.05, 0.1) is 30.0 Å². The van der Waals surface area contributed by atoms with Crippen molar-refractivity contribution in [3.8, 4) is 5.75 Å². The van der Waals surface area contributed by atoms with Crippen molar-refractivity contribution in [2.24, 2.45) is 0 Å². The minimum atomic E-state index is -0.978. The number of carbonyl (C=O) groups excluding carboxylic acids is 2. The summed E-state index contributed by atoms with van der Waals surface area (Å²) in [7, 11) is 1.47. The first kappa shape index (κ1) is 22.7. The molecule has 34 heavy (non-hydrogen) atoms. The van der Waals surface area contributed by atoms with E-state index in [1.807, 2.05) is 4.57 Å². The second-order valence-corrected chi connectivity index (χ2v) is 7.73. The minimum Gasteiger partial charge on any atom is -0.507 e. The van der Waals surface area contributed by atoms with E-state index in [4.69, 9.17) is 4.74 Å². The van der Waals surface area contributed by atoms with E-state index in [9.17, 15) is 24.8 Å². The molecule has 4 rings (SSSR count). The number of nitro groups is 1. The summed E-state index contributed by atoms with van der Waals surface area (Å²) in [5.74, 6) is -1.53. The molecule has 1 aromatic heterocycles. The first-order valence-corrected chi connectivity index (χ1v) is 10.5. The van der Waals surface area contributed by atoms with E-state index in [-0.39, 0.29) is 23.6 Å². The monoisotopic (exact) mass is 462 g/mol. The Bertz CT molecular complexity index is 1270. The minimum absolute atomic E-state index is 0.124. The maximum absolute atomic E-state index is 13.1. The smallest absolute Gasteiger partial charge is 0.295 e. The first-order valence-electron chi connectivity index (χ1n) is 10.5. The second kappa shape index (κ2) is 9.57. The maximum Gasteiger partial charge on any atom is 0.295 e. The third kappa shape index (κ3) is 4.38. The van der Waals surface area contributed by atoms with Crippen LogP contribution in [0.25, 0.3) is 5.76 Å². The molecule has 2 aromatic carbocycles. The van der Waals surface area contributed by atoms with Crippen LogP contribution in [0, 0.1) is 10.1 Å². The largest absolute Gasteiger partial charge is 0.507 e. The highest BCUT2D eigenvalue weighted by Crippen LogP contribution is 2.40. The van der Waals surface area contributed by atoms with Crippen LogP contribution in [0.15, 0.2) is 72.8 Å². The fourth-order valence-corrected chi connectivity index (χ4v) is 4.03. The number of likely N-dealkylation sites (tertiary alicyclic amines) is 1. The average Bonchev–Trinajstić information content (AvgIpc) is 3.46. The molecular weight excluding hydrogens is 440 g/mol. The number of Topliss-reactive ketones (excluding diaryl/α,β-unsaturated/α-hetero) is 1. The number of nitrogens with zero attached hydrogens (tertiary/aromatic N) is 4. The van der Waals surface area contributed by atoms with Gasteiger partial charge in [-0.25, -0.2) is 4.98 Å². The van der Waals surface area contributed by atoms with E-state index in [0.717, 1.165) is 0 Å². The molecule has 0 spiro atoms.